The summed E-state index contributed by atoms with van der Waals surface area (Å²) < 4.78 is 75.8. The van der Waals surface area contributed by atoms with Gasteiger partial charge in [0.15, 0.2) is 23.0 Å². The van der Waals surface area contributed by atoms with Gasteiger partial charge in [0, 0.05) is 106 Å². The summed E-state index contributed by atoms with van der Waals surface area (Å²) in [6.07, 6.45) is 11.9. The molecule has 10 heterocycles. The lowest BCUT2D eigenvalue weighted by Crippen LogP contribution is -2.36. The van der Waals surface area contributed by atoms with Gasteiger partial charge in [-0.05, 0) is 86.3 Å². The number of halogens is 5. The molecule has 360 valence electrons. The molecule has 0 amide bonds. The van der Waals surface area contributed by atoms with Gasteiger partial charge in [0.1, 0.15) is 11.3 Å². The third-order valence-electron chi connectivity index (χ3n) is 12.5. The van der Waals surface area contributed by atoms with Gasteiger partial charge in [-0.15, -0.1) is 17.6 Å². The molecule has 0 aliphatic carbocycles. The van der Waals surface area contributed by atoms with Crippen molar-refractivity contribution < 1.29 is 46.7 Å². The summed E-state index contributed by atoms with van der Waals surface area (Å²) in [6.45, 7) is 5.03. The molecule has 6 aromatic heterocycles. The van der Waals surface area contributed by atoms with Crippen LogP contribution in [0.4, 0.5) is 17.6 Å². The number of rotatable bonds is 9. The summed E-state index contributed by atoms with van der Waals surface area (Å²) in [4.78, 5) is 17.7. The quantitative estimate of drug-likeness (QED) is 0.0685. The number of benzene rings is 2. The monoisotopic (exact) mass is 1010 g/mol. The number of aliphatic hydroxyl groups excluding tert-OH is 2. The third-order valence-corrected chi connectivity index (χ3v) is 12.8. The molecule has 8 aromatic rings. The highest BCUT2D eigenvalue weighted by molar-refractivity contribution is 9.09. The van der Waals surface area contributed by atoms with E-state index in [1.54, 1.807) is 36.7 Å². The molecule has 2 fully saturated rings. The first kappa shape index (κ1) is 46.2. The van der Waals surface area contributed by atoms with Crippen LogP contribution >= 0.6 is 15.9 Å². The van der Waals surface area contributed by atoms with E-state index in [2.05, 4.69) is 81.4 Å². The van der Waals surface area contributed by atoms with E-state index in [-0.39, 0.29) is 36.2 Å². The maximum Gasteiger partial charge on any atom is 0.586 e. The van der Waals surface area contributed by atoms with Crippen LogP contribution in [0.1, 0.15) is 37.8 Å². The predicted molar refractivity (Wildman–Crippen MR) is 252 cm³/mol. The Bertz CT molecular complexity index is 3070. The molecule has 0 atom stereocenters. The number of fused-ring (bicyclic) bond motifs is 4. The van der Waals surface area contributed by atoms with Crippen molar-refractivity contribution in [2.45, 2.75) is 50.4 Å². The van der Waals surface area contributed by atoms with Gasteiger partial charge in [-0.25, -0.2) is 9.97 Å². The van der Waals surface area contributed by atoms with Gasteiger partial charge in [-0.3, -0.25) is 9.36 Å². The van der Waals surface area contributed by atoms with Crippen molar-refractivity contribution >= 4 is 38.0 Å². The number of piperidine rings is 2. The molecule has 69 heavy (non-hydrogen) atoms. The molecule has 21 heteroatoms. The van der Waals surface area contributed by atoms with Crippen LogP contribution in [0.5, 0.6) is 23.0 Å². The Labute approximate surface area is 400 Å². The molecule has 4 aliphatic rings. The smallest absolute Gasteiger partial charge is 0.396 e. The molecular formula is C48H47BrF4N10O6. The van der Waals surface area contributed by atoms with E-state index in [1.807, 2.05) is 52.5 Å². The molecule has 0 bridgehead atoms. The lowest BCUT2D eigenvalue weighted by atomic mass is 10.0. The van der Waals surface area contributed by atoms with Gasteiger partial charge in [0.2, 0.25) is 0 Å². The lowest BCUT2D eigenvalue weighted by molar-refractivity contribution is -0.287. The van der Waals surface area contributed by atoms with Crippen molar-refractivity contribution in [1.82, 2.24) is 49.7 Å². The Hall–Kier alpha value is -6.52. The number of aliphatic hydroxyl groups is 2. The fraction of sp³-hybridized carbons (Fsp3) is 0.333. The molecular weight excluding hydrogens is 968 g/mol. The molecule has 0 spiro atoms. The van der Waals surface area contributed by atoms with Gasteiger partial charge in [0.25, 0.3) is 0 Å². The minimum Gasteiger partial charge on any atom is -0.396 e. The Morgan fingerprint density at radius 1 is 0.594 bits per heavy atom. The normalized spacial score (nSPS) is 17.4. The maximum absolute atomic E-state index is 13.4. The molecule has 2 aromatic carbocycles. The summed E-state index contributed by atoms with van der Waals surface area (Å²) in [5.74, 6) is 0.0660. The number of likely N-dealkylation sites (tertiary alicyclic amines) is 1. The van der Waals surface area contributed by atoms with Crippen molar-refractivity contribution in [3.8, 4) is 67.5 Å². The van der Waals surface area contributed by atoms with Crippen LogP contribution in [0.2, 0.25) is 0 Å². The highest BCUT2D eigenvalue weighted by Crippen LogP contribution is 2.45. The molecule has 0 saturated carbocycles. The number of pyridine rings is 2. The van der Waals surface area contributed by atoms with Crippen LogP contribution in [0.3, 0.4) is 0 Å². The topological polar surface area (TPSA) is 186 Å². The summed E-state index contributed by atoms with van der Waals surface area (Å²) in [5, 5.41) is 31.9. The number of aromatic nitrogens is 8. The number of nitrogens with one attached hydrogen (secondary N) is 3. The van der Waals surface area contributed by atoms with Crippen molar-refractivity contribution in [2.24, 2.45) is 0 Å². The number of alkyl halides is 5. The second-order valence-corrected chi connectivity index (χ2v) is 17.7. The van der Waals surface area contributed by atoms with E-state index in [9.17, 15) is 17.6 Å². The van der Waals surface area contributed by atoms with Crippen LogP contribution in [0.25, 0.3) is 66.6 Å². The molecule has 16 nitrogen and oxygen atoms in total. The molecule has 4 aliphatic heterocycles. The molecule has 5 N–H and O–H groups in total. The summed E-state index contributed by atoms with van der Waals surface area (Å²) >= 11 is 3.00. The largest absolute Gasteiger partial charge is 0.586 e. The van der Waals surface area contributed by atoms with Crippen LogP contribution in [0, 0.1) is 0 Å². The van der Waals surface area contributed by atoms with E-state index in [0.29, 0.717) is 35.3 Å². The van der Waals surface area contributed by atoms with E-state index in [4.69, 9.17) is 10.2 Å². The Kier molecular flexibility index (Phi) is 13.0. The van der Waals surface area contributed by atoms with Crippen molar-refractivity contribution in [2.75, 3.05) is 51.3 Å². The SMILES string of the molecule is FC1(F)Oc2ccc(-c3c[nH]c4ncc(-c5cnn(C6CCNCC6)c5)cc34)cc2O1.OCCBr.OCCN1CCC(n2cc(-c3cnc4[nH]cc(-c5ccc6c(c5)OC(F)(F)O6)c4c3)cn2)CC1. The number of ether oxygens (including phenoxy) is 4. The third kappa shape index (κ3) is 10.0. The Morgan fingerprint density at radius 2 is 1.06 bits per heavy atom. The zero-order valence-electron chi connectivity index (χ0n) is 36.9. The van der Waals surface area contributed by atoms with Crippen LogP contribution in [-0.4, -0.2) is 118 Å². The fourth-order valence-electron chi connectivity index (χ4n) is 9.03. The maximum atomic E-state index is 13.4. The minimum absolute atomic E-state index is 0.00674. The molecule has 12 rings (SSSR count). The minimum atomic E-state index is -3.65. The van der Waals surface area contributed by atoms with E-state index in [0.717, 1.165) is 107 Å². The van der Waals surface area contributed by atoms with Crippen LogP contribution < -0.4 is 24.3 Å². The predicted octanol–water partition coefficient (Wildman–Crippen LogP) is 8.76. The number of hydrogen-bond acceptors (Lipinski definition) is 12. The average Bonchev–Trinajstić information content (AvgIpc) is 4.23. The Morgan fingerprint density at radius 3 is 1.52 bits per heavy atom. The standard InChI is InChI=1S/C24H23F2N5O3.C22H19F2N5O2.C2H5BrO/c25-24(26)33-21-2-1-15(10-22(21)34-24)20-13-28-23-19(20)9-16(11-27-23)17-12-29-31(14-17)18-3-5-30(6-4-18)7-8-32;23-22(24)30-19-2-1-13(8-20(19)31-22)18-11-27-21-17(18)7-14(9-26-21)15-10-28-29(12-15)16-3-5-25-6-4-16;3-1-2-4/h1-2,9-14,18,32H,3-8H2,(H,27,28);1-2,7-12,16,25H,3-6H2,(H,26,27);4H,1-2H2. The average molecular weight is 1020 g/mol. The first-order valence-corrected chi connectivity index (χ1v) is 23.6. The molecule has 2 saturated heterocycles. The van der Waals surface area contributed by atoms with Crippen LogP contribution in [0.15, 0.2) is 98.1 Å². The number of nitrogens with zero attached hydrogens (tertiary/aromatic N) is 7. The van der Waals surface area contributed by atoms with Gasteiger partial charge in [0.05, 0.1) is 37.7 Å². The summed E-state index contributed by atoms with van der Waals surface area (Å²) in [6, 6.07) is 14.3. The van der Waals surface area contributed by atoms with Gasteiger partial charge >= 0.3 is 12.6 Å². The highest BCUT2D eigenvalue weighted by Gasteiger charge is 2.44. The molecule has 0 radical (unpaired) electrons. The van der Waals surface area contributed by atoms with E-state index in [1.165, 1.54) is 12.1 Å². The van der Waals surface area contributed by atoms with Crippen molar-refractivity contribution in [1.29, 1.82) is 0 Å². The van der Waals surface area contributed by atoms with E-state index < -0.39 is 12.6 Å². The fourth-order valence-corrected chi connectivity index (χ4v) is 9.03. The number of hydrogen-bond donors (Lipinski definition) is 5. The number of β-amino-alcohol motifs (C(OH)–C–C–N with tert-alkyl or cyclic N) is 1. The second kappa shape index (κ2) is 19.5. The number of H-pyrrole nitrogens is 2. The van der Waals surface area contributed by atoms with Gasteiger partial charge < -0.3 is 49.3 Å². The first-order valence-electron chi connectivity index (χ1n) is 22.5. The molecule has 0 unspecified atom stereocenters. The summed E-state index contributed by atoms with van der Waals surface area (Å²) in [7, 11) is 0. The highest BCUT2D eigenvalue weighted by atomic mass is 79.9. The number of aromatic amines is 2. The zero-order valence-corrected chi connectivity index (χ0v) is 38.5. The van der Waals surface area contributed by atoms with E-state index >= 15 is 0 Å². The van der Waals surface area contributed by atoms with Gasteiger partial charge in [-0.1, -0.05) is 28.1 Å². The second-order valence-electron chi connectivity index (χ2n) is 16.9. The van der Waals surface area contributed by atoms with Crippen molar-refractivity contribution in [3.05, 3.63) is 98.1 Å². The summed E-state index contributed by atoms with van der Waals surface area (Å²) in [5.41, 5.74) is 8.36. The zero-order chi connectivity index (χ0) is 47.7. The Balaban J connectivity index is 0.000000149. The van der Waals surface area contributed by atoms with Crippen LogP contribution in [-0.2, 0) is 0 Å². The van der Waals surface area contributed by atoms with Crippen molar-refractivity contribution in [3.63, 3.8) is 0 Å². The van der Waals surface area contributed by atoms with Gasteiger partial charge in [-0.2, -0.15) is 10.2 Å². The first-order chi connectivity index (χ1) is 33.5. The lowest BCUT2D eigenvalue weighted by Gasteiger charge is -2.31.